The highest BCUT2D eigenvalue weighted by Crippen LogP contribution is 2.29. The second-order valence-corrected chi connectivity index (χ2v) is 6.74. The van der Waals surface area contributed by atoms with Crippen molar-refractivity contribution in [3.63, 3.8) is 0 Å². The zero-order valence-corrected chi connectivity index (χ0v) is 14.6. The van der Waals surface area contributed by atoms with Crippen molar-refractivity contribution in [1.29, 1.82) is 0 Å². The minimum atomic E-state index is -0.506. The molecule has 6 heteroatoms. The first-order valence-corrected chi connectivity index (χ1v) is 8.32. The Morgan fingerprint density at radius 2 is 2.05 bits per heavy atom. The summed E-state index contributed by atoms with van der Waals surface area (Å²) in [7, 11) is 0. The van der Waals surface area contributed by atoms with Gasteiger partial charge in [-0.3, -0.25) is 9.78 Å². The Hall–Kier alpha value is -1.53. The minimum Gasteiger partial charge on any atom is -0.427 e. The molecule has 0 spiro atoms. The molecule has 0 N–H and O–H groups in total. The van der Waals surface area contributed by atoms with Gasteiger partial charge in [-0.15, -0.1) is 0 Å². The van der Waals surface area contributed by atoms with E-state index in [4.69, 9.17) is 4.74 Å². The fourth-order valence-corrected chi connectivity index (χ4v) is 3.19. The fourth-order valence-electron chi connectivity index (χ4n) is 2.36. The number of rotatable bonds is 2. The van der Waals surface area contributed by atoms with Crippen molar-refractivity contribution in [2.75, 3.05) is 0 Å². The van der Waals surface area contributed by atoms with E-state index in [-0.39, 0.29) is 5.78 Å². The van der Waals surface area contributed by atoms with E-state index in [0.717, 1.165) is 9.86 Å². The summed E-state index contributed by atoms with van der Waals surface area (Å²) in [5.41, 5.74) is 0.925. The van der Waals surface area contributed by atoms with Crippen LogP contribution < -0.4 is 0 Å². The van der Waals surface area contributed by atoms with Gasteiger partial charge in [0.25, 0.3) is 0 Å². The summed E-state index contributed by atoms with van der Waals surface area (Å²) in [6, 6.07) is 5.54. The van der Waals surface area contributed by atoms with Crippen LogP contribution in [0.5, 0.6) is 0 Å². The molecule has 3 rings (SSSR count). The van der Waals surface area contributed by atoms with Gasteiger partial charge in [0, 0.05) is 39.4 Å². The van der Waals surface area contributed by atoms with Crippen molar-refractivity contribution < 1.29 is 14.3 Å². The Bertz CT molecular complexity index is 814. The van der Waals surface area contributed by atoms with Crippen LogP contribution in [0.15, 0.2) is 45.2 Å². The maximum atomic E-state index is 12.5. The van der Waals surface area contributed by atoms with Crippen LogP contribution in [0.4, 0.5) is 0 Å². The lowest BCUT2D eigenvalue weighted by molar-refractivity contribution is -0.115. The molecule has 0 unspecified atom stereocenters. The largest absolute Gasteiger partial charge is 0.427 e. The Morgan fingerprint density at radius 1 is 1.23 bits per heavy atom. The molecule has 0 bridgehead atoms. The average molecular weight is 425 g/mol. The Labute approximate surface area is 143 Å². The van der Waals surface area contributed by atoms with Crippen LogP contribution in [0.1, 0.15) is 29.6 Å². The SMILES string of the molecule is O=C1C=C(OC(=O)c2c(Br)ccc3cc(Br)cnc23)CCC1. The first-order chi connectivity index (χ1) is 10.5. The summed E-state index contributed by atoms with van der Waals surface area (Å²) >= 11 is 6.74. The number of ketones is 1. The Morgan fingerprint density at radius 3 is 2.82 bits per heavy atom. The predicted octanol–water partition coefficient (Wildman–Crippen LogP) is 4.55. The van der Waals surface area contributed by atoms with Gasteiger partial charge in [-0.25, -0.2) is 4.79 Å². The van der Waals surface area contributed by atoms with E-state index >= 15 is 0 Å². The second kappa shape index (κ2) is 6.30. The number of pyridine rings is 1. The van der Waals surface area contributed by atoms with E-state index in [1.54, 1.807) is 12.3 Å². The summed E-state index contributed by atoms with van der Waals surface area (Å²) in [4.78, 5) is 28.2. The fraction of sp³-hybridized carbons (Fsp3) is 0.188. The number of carbonyl (C=O) groups is 2. The highest BCUT2D eigenvalue weighted by molar-refractivity contribution is 9.10. The lowest BCUT2D eigenvalue weighted by atomic mass is 10.1. The Kier molecular flexibility index (Phi) is 4.40. The van der Waals surface area contributed by atoms with E-state index < -0.39 is 5.97 Å². The molecule has 1 aliphatic carbocycles. The molecule has 112 valence electrons. The summed E-state index contributed by atoms with van der Waals surface area (Å²) < 4.78 is 6.84. The first kappa shape index (κ1) is 15.4. The first-order valence-electron chi connectivity index (χ1n) is 6.74. The topological polar surface area (TPSA) is 56.3 Å². The van der Waals surface area contributed by atoms with Gasteiger partial charge in [0.2, 0.25) is 0 Å². The number of allylic oxidation sites excluding steroid dienone is 2. The zero-order chi connectivity index (χ0) is 15.7. The monoisotopic (exact) mass is 423 g/mol. The molecule has 0 atom stereocenters. The van der Waals surface area contributed by atoms with Crippen molar-refractivity contribution in [3.05, 3.63) is 50.7 Å². The number of hydrogen-bond acceptors (Lipinski definition) is 4. The second-order valence-electron chi connectivity index (χ2n) is 4.97. The van der Waals surface area contributed by atoms with Crippen LogP contribution in [-0.2, 0) is 9.53 Å². The van der Waals surface area contributed by atoms with Gasteiger partial charge in [0.1, 0.15) is 11.3 Å². The van der Waals surface area contributed by atoms with Crippen molar-refractivity contribution in [2.45, 2.75) is 19.3 Å². The molecule has 1 aromatic carbocycles. The van der Waals surface area contributed by atoms with E-state index in [2.05, 4.69) is 36.8 Å². The number of halogens is 2. The third kappa shape index (κ3) is 3.13. The van der Waals surface area contributed by atoms with Crippen molar-refractivity contribution in [1.82, 2.24) is 4.98 Å². The molecule has 1 heterocycles. The molecular weight excluding hydrogens is 414 g/mol. The van der Waals surface area contributed by atoms with Crippen LogP contribution in [0.25, 0.3) is 10.9 Å². The smallest absolute Gasteiger partial charge is 0.346 e. The number of nitrogens with zero attached hydrogens (tertiary/aromatic N) is 1. The number of benzene rings is 1. The third-order valence-electron chi connectivity index (χ3n) is 3.36. The van der Waals surface area contributed by atoms with E-state index in [9.17, 15) is 9.59 Å². The lowest BCUT2D eigenvalue weighted by Gasteiger charge is -2.13. The molecule has 0 fully saturated rings. The number of aromatic nitrogens is 1. The van der Waals surface area contributed by atoms with Gasteiger partial charge in [0.15, 0.2) is 5.78 Å². The van der Waals surface area contributed by atoms with Crippen molar-refractivity contribution in [2.24, 2.45) is 0 Å². The van der Waals surface area contributed by atoms with Gasteiger partial charge < -0.3 is 4.74 Å². The van der Waals surface area contributed by atoms with E-state index in [0.29, 0.717) is 40.6 Å². The highest BCUT2D eigenvalue weighted by Gasteiger charge is 2.20. The van der Waals surface area contributed by atoms with Gasteiger partial charge in [0.05, 0.1) is 5.52 Å². The molecule has 1 aromatic heterocycles. The summed E-state index contributed by atoms with van der Waals surface area (Å²) in [5.74, 6) is -0.0939. The lowest BCUT2D eigenvalue weighted by Crippen LogP contribution is -2.11. The standard InChI is InChI=1S/C16H11Br2NO3/c17-10-6-9-4-5-13(18)14(15(9)19-8-10)16(21)22-12-3-1-2-11(20)7-12/h4-8H,1-3H2. The quantitative estimate of drug-likeness (QED) is 0.663. The maximum absolute atomic E-state index is 12.5. The molecule has 22 heavy (non-hydrogen) atoms. The number of fused-ring (bicyclic) bond motifs is 1. The van der Waals surface area contributed by atoms with Gasteiger partial charge in [-0.05, 0) is 50.4 Å². The van der Waals surface area contributed by atoms with Crippen LogP contribution in [0.3, 0.4) is 0 Å². The van der Waals surface area contributed by atoms with E-state index in [1.165, 1.54) is 6.08 Å². The average Bonchev–Trinajstić information content (AvgIpc) is 2.47. The maximum Gasteiger partial charge on any atom is 0.346 e. The highest BCUT2D eigenvalue weighted by atomic mass is 79.9. The van der Waals surface area contributed by atoms with Crippen molar-refractivity contribution in [3.8, 4) is 0 Å². The molecule has 2 aromatic rings. The number of ether oxygens (including phenoxy) is 1. The molecule has 0 radical (unpaired) electrons. The van der Waals surface area contributed by atoms with Crippen LogP contribution in [-0.4, -0.2) is 16.7 Å². The minimum absolute atomic E-state index is 0.00640. The van der Waals surface area contributed by atoms with Crippen molar-refractivity contribution >= 4 is 54.5 Å². The van der Waals surface area contributed by atoms with E-state index in [1.807, 2.05) is 12.1 Å². The molecule has 0 amide bonds. The normalized spacial score (nSPS) is 14.8. The molecule has 0 aliphatic heterocycles. The molecule has 0 saturated carbocycles. The number of hydrogen-bond donors (Lipinski definition) is 0. The number of esters is 1. The van der Waals surface area contributed by atoms with Crippen LogP contribution in [0.2, 0.25) is 0 Å². The third-order valence-corrected chi connectivity index (χ3v) is 4.46. The van der Waals surface area contributed by atoms with Crippen LogP contribution in [0, 0.1) is 0 Å². The number of carbonyl (C=O) groups excluding carboxylic acids is 2. The molecule has 1 aliphatic rings. The summed E-state index contributed by atoms with van der Waals surface area (Å²) in [6.07, 6.45) is 4.85. The van der Waals surface area contributed by atoms with Gasteiger partial charge >= 0.3 is 5.97 Å². The summed E-state index contributed by atoms with van der Waals surface area (Å²) in [5, 5.41) is 0.832. The predicted molar refractivity (Wildman–Crippen MR) is 89.5 cm³/mol. The molecular formula is C16H11Br2NO3. The van der Waals surface area contributed by atoms with Crippen LogP contribution >= 0.6 is 31.9 Å². The van der Waals surface area contributed by atoms with Gasteiger partial charge in [-0.2, -0.15) is 0 Å². The Balaban J connectivity index is 2.00. The molecule has 0 saturated heterocycles. The summed E-state index contributed by atoms with van der Waals surface area (Å²) in [6.45, 7) is 0. The molecule has 4 nitrogen and oxygen atoms in total. The van der Waals surface area contributed by atoms with Gasteiger partial charge in [-0.1, -0.05) is 6.07 Å². The zero-order valence-electron chi connectivity index (χ0n) is 11.4.